The zero-order valence-corrected chi connectivity index (χ0v) is 20.0. The first-order chi connectivity index (χ1) is 15.1. The Morgan fingerprint density at radius 1 is 1.16 bits per heavy atom. The Morgan fingerprint density at radius 2 is 1.84 bits per heavy atom. The summed E-state index contributed by atoms with van der Waals surface area (Å²) in [7, 11) is -2.49. The summed E-state index contributed by atoms with van der Waals surface area (Å²) in [5.41, 5.74) is 2.39. The lowest BCUT2D eigenvalue weighted by atomic mass is 10.0. The van der Waals surface area contributed by atoms with E-state index in [9.17, 15) is 18.0 Å². The fourth-order valence-corrected chi connectivity index (χ4v) is 4.91. The van der Waals surface area contributed by atoms with Gasteiger partial charge in [-0.05, 0) is 54.2 Å². The van der Waals surface area contributed by atoms with Crippen LogP contribution in [0.1, 0.15) is 31.7 Å². The van der Waals surface area contributed by atoms with Gasteiger partial charge in [-0.15, -0.1) is 0 Å². The number of thioether (sulfide) groups is 1. The summed E-state index contributed by atoms with van der Waals surface area (Å²) in [4.78, 5) is 24.5. The van der Waals surface area contributed by atoms with Crippen molar-refractivity contribution < 1.29 is 17.6 Å². The van der Waals surface area contributed by atoms with Crippen LogP contribution in [0.25, 0.3) is 11.1 Å². The number of carbonyl (C=O) groups excluding carboxylic acids is 1. The largest absolute Gasteiger partial charge is 0.419 e. The molecule has 0 aliphatic heterocycles. The van der Waals surface area contributed by atoms with Gasteiger partial charge in [0.2, 0.25) is 15.9 Å². The fraction of sp³-hybridized carbons (Fsp3) is 0.364. The number of amides is 1. The average Bonchev–Trinajstić information content (AvgIpc) is 3.04. The number of oxazole rings is 1. The van der Waals surface area contributed by atoms with Gasteiger partial charge in [0.1, 0.15) is 6.04 Å². The van der Waals surface area contributed by atoms with Gasteiger partial charge in [0.05, 0.1) is 10.4 Å². The summed E-state index contributed by atoms with van der Waals surface area (Å²) in [6, 6.07) is 10.7. The summed E-state index contributed by atoms with van der Waals surface area (Å²) < 4.78 is 34.9. The second-order valence-electron chi connectivity index (χ2n) is 7.78. The first kappa shape index (κ1) is 24.1. The molecule has 10 heteroatoms. The SMILES string of the molecule is CSCC[C@@H](NS(=O)(=O)c1ccc2c(c1)oc(=O)n2C)C(=O)Nc1ccc(C(C)C)cc1. The Labute approximate surface area is 191 Å². The molecule has 0 bridgehead atoms. The van der Waals surface area contributed by atoms with Crippen molar-refractivity contribution in [3.05, 3.63) is 58.6 Å². The van der Waals surface area contributed by atoms with Gasteiger partial charge >= 0.3 is 5.76 Å². The Balaban J connectivity index is 1.81. The molecule has 0 aliphatic rings. The number of carbonyl (C=O) groups is 1. The van der Waals surface area contributed by atoms with Crippen LogP contribution in [0.3, 0.4) is 0 Å². The number of aryl methyl sites for hydroxylation is 1. The molecule has 2 N–H and O–H groups in total. The van der Waals surface area contributed by atoms with E-state index < -0.39 is 27.7 Å². The van der Waals surface area contributed by atoms with Gasteiger partial charge in [0, 0.05) is 18.8 Å². The predicted octanol–water partition coefficient (Wildman–Crippen LogP) is 3.29. The number of hydrogen-bond donors (Lipinski definition) is 2. The molecule has 32 heavy (non-hydrogen) atoms. The lowest BCUT2D eigenvalue weighted by molar-refractivity contribution is -0.117. The molecule has 3 aromatic rings. The van der Waals surface area contributed by atoms with Crippen molar-refractivity contribution >= 4 is 44.5 Å². The molecule has 1 amide bonds. The molecular weight excluding hydrogens is 450 g/mol. The lowest BCUT2D eigenvalue weighted by Crippen LogP contribution is -2.44. The normalized spacial score (nSPS) is 12.9. The third-order valence-corrected chi connectivity index (χ3v) is 7.26. The van der Waals surface area contributed by atoms with E-state index in [1.54, 1.807) is 12.1 Å². The number of nitrogens with zero attached hydrogens (tertiary/aromatic N) is 1. The van der Waals surface area contributed by atoms with Gasteiger partial charge in [-0.3, -0.25) is 9.36 Å². The van der Waals surface area contributed by atoms with Crippen LogP contribution in [0.5, 0.6) is 0 Å². The number of nitrogens with one attached hydrogen (secondary N) is 2. The van der Waals surface area contributed by atoms with Gasteiger partial charge in [0.25, 0.3) is 0 Å². The minimum Gasteiger partial charge on any atom is -0.408 e. The average molecular weight is 478 g/mol. The molecule has 3 rings (SSSR count). The number of rotatable bonds is 9. The van der Waals surface area contributed by atoms with Crippen LogP contribution >= 0.6 is 11.8 Å². The van der Waals surface area contributed by atoms with Crippen LogP contribution in [0.2, 0.25) is 0 Å². The van der Waals surface area contributed by atoms with E-state index in [2.05, 4.69) is 23.9 Å². The van der Waals surface area contributed by atoms with Crippen molar-refractivity contribution in [1.29, 1.82) is 0 Å². The zero-order chi connectivity index (χ0) is 23.5. The maximum Gasteiger partial charge on any atom is 0.419 e. The molecular formula is C22H27N3O5S2. The summed E-state index contributed by atoms with van der Waals surface area (Å²) in [5.74, 6) is -0.0535. The number of fused-ring (bicyclic) bond motifs is 1. The number of sulfonamides is 1. The summed E-state index contributed by atoms with van der Waals surface area (Å²) in [6.07, 6.45) is 2.21. The highest BCUT2D eigenvalue weighted by atomic mass is 32.2. The Kier molecular flexibility index (Phi) is 7.47. The van der Waals surface area contributed by atoms with Crippen molar-refractivity contribution in [3.63, 3.8) is 0 Å². The van der Waals surface area contributed by atoms with Gasteiger partial charge in [-0.25, -0.2) is 13.2 Å². The van der Waals surface area contributed by atoms with E-state index in [1.807, 2.05) is 18.4 Å². The smallest absolute Gasteiger partial charge is 0.408 e. The molecule has 0 unspecified atom stereocenters. The maximum absolute atomic E-state index is 13.0. The second kappa shape index (κ2) is 9.93. The highest BCUT2D eigenvalue weighted by molar-refractivity contribution is 7.98. The van der Waals surface area contributed by atoms with Crippen molar-refractivity contribution in [2.75, 3.05) is 17.3 Å². The van der Waals surface area contributed by atoms with Crippen molar-refractivity contribution in [2.24, 2.45) is 7.05 Å². The van der Waals surface area contributed by atoms with E-state index >= 15 is 0 Å². The molecule has 2 aromatic carbocycles. The Bertz CT molecular complexity index is 1260. The van der Waals surface area contributed by atoms with Crippen LogP contribution in [-0.4, -0.2) is 36.9 Å². The maximum atomic E-state index is 13.0. The predicted molar refractivity (Wildman–Crippen MR) is 128 cm³/mol. The van der Waals surface area contributed by atoms with Crippen molar-refractivity contribution in [2.45, 2.75) is 37.1 Å². The van der Waals surface area contributed by atoms with Crippen molar-refractivity contribution in [1.82, 2.24) is 9.29 Å². The highest BCUT2D eigenvalue weighted by Crippen LogP contribution is 2.20. The third-order valence-electron chi connectivity index (χ3n) is 5.14. The molecule has 172 valence electrons. The number of benzene rings is 2. The second-order valence-corrected chi connectivity index (χ2v) is 10.5. The molecule has 0 radical (unpaired) electrons. The Hall–Kier alpha value is -2.56. The van der Waals surface area contributed by atoms with Gasteiger partial charge in [0.15, 0.2) is 5.58 Å². The van der Waals surface area contributed by atoms with Crippen LogP contribution in [0, 0.1) is 0 Å². The number of aromatic nitrogens is 1. The van der Waals surface area contributed by atoms with Crippen LogP contribution in [0.15, 0.2) is 56.6 Å². The third kappa shape index (κ3) is 5.43. The van der Waals surface area contributed by atoms with E-state index in [-0.39, 0.29) is 10.5 Å². The van der Waals surface area contributed by atoms with Crippen LogP contribution < -0.4 is 15.8 Å². The number of anilines is 1. The Morgan fingerprint density at radius 3 is 2.47 bits per heavy atom. The standard InChI is InChI=1S/C22H27N3O5S2/c1-14(2)15-5-7-16(8-6-15)23-21(26)18(11-12-31-4)24-32(28,29)17-9-10-19-20(13-17)30-22(27)25(19)3/h5-10,13-14,18,24H,11-12H2,1-4H3,(H,23,26)/t18-/m1/s1. The summed E-state index contributed by atoms with van der Waals surface area (Å²) in [5, 5.41) is 2.79. The quantitative estimate of drug-likeness (QED) is 0.489. The van der Waals surface area contributed by atoms with Crippen LogP contribution in [0.4, 0.5) is 5.69 Å². The van der Waals surface area contributed by atoms with E-state index in [1.165, 1.54) is 41.6 Å². The minimum atomic E-state index is -4.03. The van der Waals surface area contributed by atoms with Gasteiger partial charge in [-0.2, -0.15) is 16.5 Å². The monoisotopic (exact) mass is 477 g/mol. The van der Waals surface area contributed by atoms with E-state index in [0.29, 0.717) is 29.3 Å². The lowest BCUT2D eigenvalue weighted by Gasteiger charge is -2.18. The molecule has 0 fully saturated rings. The number of hydrogen-bond acceptors (Lipinski definition) is 6. The minimum absolute atomic E-state index is 0.0809. The molecule has 8 nitrogen and oxygen atoms in total. The van der Waals surface area contributed by atoms with Crippen LogP contribution in [-0.2, 0) is 21.9 Å². The van der Waals surface area contributed by atoms with E-state index in [0.717, 1.165) is 5.56 Å². The first-order valence-corrected chi connectivity index (χ1v) is 13.0. The van der Waals surface area contributed by atoms with Gasteiger partial charge in [-0.1, -0.05) is 26.0 Å². The summed E-state index contributed by atoms with van der Waals surface area (Å²) in [6.45, 7) is 4.16. The van der Waals surface area contributed by atoms with Crippen molar-refractivity contribution in [3.8, 4) is 0 Å². The zero-order valence-electron chi connectivity index (χ0n) is 18.4. The molecule has 1 atom stereocenters. The fourth-order valence-electron chi connectivity index (χ4n) is 3.20. The van der Waals surface area contributed by atoms with E-state index in [4.69, 9.17) is 4.42 Å². The molecule has 0 saturated carbocycles. The first-order valence-electron chi connectivity index (χ1n) is 10.1. The summed E-state index contributed by atoms with van der Waals surface area (Å²) >= 11 is 1.52. The molecule has 0 saturated heterocycles. The molecule has 0 aliphatic carbocycles. The van der Waals surface area contributed by atoms with Gasteiger partial charge < -0.3 is 9.73 Å². The molecule has 0 spiro atoms. The molecule has 1 heterocycles. The molecule has 1 aromatic heterocycles. The topological polar surface area (TPSA) is 110 Å². The highest BCUT2D eigenvalue weighted by Gasteiger charge is 2.26.